The molecule has 8 nitrogen and oxygen atoms in total. The number of pyridine rings is 2. The molecular formula is C26H25N5O3. The minimum Gasteiger partial charge on any atom is -0.495 e. The van der Waals surface area contributed by atoms with Crippen LogP contribution in [-0.4, -0.2) is 29.1 Å². The Morgan fingerprint density at radius 3 is 2.53 bits per heavy atom. The standard InChI is InChI=1S/C26H25N5O3/c1-16(2)33-26-21-7-5-4-6-20(21)25(27)31(30-26)17-8-10-18(11-9-17)34-23-12-13-28-22-14-19(32-3)15-29-24(22)23/h4-16,25H,27H2,1-3H3. The lowest BCUT2D eigenvalue weighted by Crippen LogP contribution is -2.37. The molecule has 1 aliphatic heterocycles. The van der Waals surface area contributed by atoms with Crippen LogP contribution in [0.4, 0.5) is 5.69 Å². The number of methoxy groups -OCH3 is 1. The Morgan fingerprint density at radius 2 is 1.76 bits per heavy atom. The zero-order chi connectivity index (χ0) is 23.7. The monoisotopic (exact) mass is 455 g/mol. The van der Waals surface area contributed by atoms with Gasteiger partial charge in [0.2, 0.25) is 5.90 Å². The Morgan fingerprint density at radius 1 is 0.971 bits per heavy atom. The van der Waals surface area contributed by atoms with Gasteiger partial charge in [0, 0.05) is 29.5 Å². The quantitative estimate of drug-likeness (QED) is 0.453. The highest BCUT2D eigenvalue weighted by atomic mass is 16.5. The first-order valence-corrected chi connectivity index (χ1v) is 11.0. The highest BCUT2D eigenvalue weighted by Crippen LogP contribution is 2.34. The van der Waals surface area contributed by atoms with Gasteiger partial charge in [-0.25, -0.2) is 9.99 Å². The number of nitrogens with zero attached hydrogens (tertiary/aromatic N) is 4. The highest BCUT2D eigenvalue weighted by Gasteiger charge is 2.28. The van der Waals surface area contributed by atoms with Gasteiger partial charge in [0.25, 0.3) is 0 Å². The molecule has 1 aliphatic rings. The van der Waals surface area contributed by atoms with E-state index in [4.69, 9.17) is 25.0 Å². The molecule has 0 spiro atoms. The molecule has 4 aromatic rings. The van der Waals surface area contributed by atoms with Crippen molar-refractivity contribution in [3.05, 3.63) is 84.2 Å². The van der Waals surface area contributed by atoms with E-state index in [0.29, 0.717) is 34.2 Å². The van der Waals surface area contributed by atoms with Crippen molar-refractivity contribution in [1.82, 2.24) is 9.97 Å². The first-order chi connectivity index (χ1) is 16.5. The lowest BCUT2D eigenvalue weighted by atomic mass is 10.0. The first kappa shape index (κ1) is 21.7. The molecule has 2 N–H and O–H groups in total. The molecule has 0 radical (unpaired) electrons. The van der Waals surface area contributed by atoms with E-state index in [9.17, 15) is 0 Å². The molecule has 0 bridgehead atoms. The molecule has 172 valence electrons. The van der Waals surface area contributed by atoms with Crippen molar-refractivity contribution in [2.24, 2.45) is 10.8 Å². The van der Waals surface area contributed by atoms with Gasteiger partial charge in [-0.2, -0.15) is 0 Å². The van der Waals surface area contributed by atoms with Gasteiger partial charge in [0.1, 0.15) is 23.2 Å². The van der Waals surface area contributed by atoms with Crippen molar-refractivity contribution in [1.29, 1.82) is 0 Å². The van der Waals surface area contributed by atoms with Gasteiger partial charge in [0.15, 0.2) is 5.75 Å². The van der Waals surface area contributed by atoms with E-state index < -0.39 is 6.17 Å². The zero-order valence-electron chi connectivity index (χ0n) is 19.2. The topological polar surface area (TPSA) is 95.1 Å². The summed E-state index contributed by atoms with van der Waals surface area (Å²) in [4.78, 5) is 8.79. The highest BCUT2D eigenvalue weighted by molar-refractivity contribution is 5.97. The van der Waals surface area contributed by atoms with Crippen LogP contribution in [0.15, 0.2) is 78.2 Å². The van der Waals surface area contributed by atoms with Crippen molar-refractivity contribution in [2.45, 2.75) is 26.1 Å². The first-order valence-electron chi connectivity index (χ1n) is 11.0. The van der Waals surface area contributed by atoms with Crippen LogP contribution in [0.2, 0.25) is 0 Å². The summed E-state index contributed by atoms with van der Waals surface area (Å²) in [6.07, 6.45) is 2.88. The lowest BCUT2D eigenvalue weighted by molar-refractivity contribution is 0.226. The predicted molar refractivity (Wildman–Crippen MR) is 131 cm³/mol. The average Bonchev–Trinajstić information content (AvgIpc) is 2.86. The summed E-state index contributed by atoms with van der Waals surface area (Å²) in [5.41, 5.74) is 10.6. The summed E-state index contributed by atoms with van der Waals surface area (Å²) in [7, 11) is 1.60. The van der Waals surface area contributed by atoms with Crippen LogP contribution in [-0.2, 0) is 4.74 Å². The fourth-order valence-electron chi connectivity index (χ4n) is 3.80. The van der Waals surface area contributed by atoms with Crippen LogP contribution in [0.25, 0.3) is 11.0 Å². The van der Waals surface area contributed by atoms with E-state index in [0.717, 1.165) is 16.8 Å². The number of fused-ring (bicyclic) bond motifs is 2. The molecule has 0 saturated heterocycles. The Labute approximate surface area is 197 Å². The number of rotatable bonds is 5. The van der Waals surface area contributed by atoms with Gasteiger partial charge in [-0.3, -0.25) is 4.98 Å². The number of hydrogen-bond donors (Lipinski definition) is 1. The summed E-state index contributed by atoms with van der Waals surface area (Å²) in [6.45, 7) is 3.95. The lowest BCUT2D eigenvalue weighted by Gasteiger charge is -2.33. The molecule has 0 amide bonds. The van der Waals surface area contributed by atoms with Crippen molar-refractivity contribution in [2.75, 3.05) is 12.1 Å². The molecule has 3 heterocycles. The molecule has 1 unspecified atom stereocenters. The Bertz CT molecular complexity index is 1350. The van der Waals surface area contributed by atoms with E-state index in [1.807, 2.05) is 68.4 Å². The number of benzene rings is 2. The smallest absolute Gasteiger partial charge is 0.239 e. The van der Waals surface area contributed by atoms with Crippen molar-refractivity contribution < 1.29 is 14.2 Å². The molecule has 8 heteroatoms. The summed E-state index contributed by atoms with van der Waals surface area (Å²) >= 11 is 0. The number of nitrogens with two attached hydrogens (primary N) is 1. The van der Waals surface area contributed by atoms with Crippen LogP contribution in [0.3, 0.4) is 0 Å². The fourth-order valence-corrected chi connectivity index (χ4v) is 3.80. The van der Waals surface area contributed by atoms with E-state index in [-0.39, 0.29) is 6.10 Å². The second-order valence-corrected chi connectivity index (χ2v) is 8.10. The maximum Gasteiger partial charge on any atom is 0.239 e. The number of aromatic nitrogens is 2. The van der Waals surface area contributed by atoms with Crippen LogP contribution in [0.1, 0.15) is 31.1 Å². The summed E-state index contributed by atoms with van der Waals surface area (Å²) in [5, 5.41) is 6.48. The normalized spacial score (nSPS) is 15.1. The van der Waals surface area contributed by atoms with E-state index in [1.54, 1.807) is 30.6 Å². The van der Waals surface area contributed by atoms with Crippen LogP contribution < -0.4 is 20.2 Å². The minimum absolute atomic E-state index is 0.0116. The maximum atomic E-state index is 6.57. The Kier molecular flexibility index (Phi) is 5.73. The minimum atomic E-state index is -0.439. The van der Waals surface area contributed by atoms with Gasteiger partial charge in [-0.15, -0.1) is 5.10 Å². The molecule has 0 aliphatic carbocycles. The van der Waals surface area contributed by atoms with Gasteiger partial charge < -0.3 is 19.9 Å². The van der Waals surface area contributed by atoms with Gasteiger partial charge >= 0.3 is 0 Å². The second kappa shape index (κ2) is 8.99. The number of hydrogen-bond acceptors (Lipinski definition) is 8. The van der Waals surface area contributed by atoms with Crippen LogP contribution >= 0.6 is 0 Å². The van der Waals surface area contributed by atoms with Crippen molar-refractivity contribution >= 4 is 22.6 Å². The summed E-state index contributed by atoms with van der Waals surface area (Å²) in [5.74, 6) is 2.46. The Hall–Kier alpha value is -4.17. The molecule has 1 atom stereocenters. The zero-order valence-corrected chi connectivity index (χ0v) is 19.2. The average molecular weight is 456 g/mol. The summed E-state index contributed by atoms with van der Waals surface area (Å²) in [6, 6.07) is 19.1. The predicted octanol–water partition coefficient (Wildman–Crippen LogP) is 4.99. The van der Waals surface area contributed by atoms with E-state index in [1.165, 1.54) is 0 Å². The molecule has 0 saturated carbocycles. The number of hydrazone groups is 1. The fraction of sp³-hybridized carbons (Fsp3) is 0.192. The van der Waals surface area contributed by atoms with Crippen LogP contribution in [0, 0.1) is 0 Å². The van der Waals surface area contributed by atoms with Gasteiger partial charge in [-0.05, 0) is 44.2 Å². The third kappa shape index (κ3) is 4.11. The largest absolute Gasteiger partial charge is 0.495 e. The van der Waals surface area contributed by atoms with Gasteiger partial charge in [0.05, 0.1) is 30.6 Å². The number of anilines is 1. The molecule has 2 aromatic carbocycles. The Balaban J connectivity index is 1.43. The SMILES string of the molecule is COc1cnc2c(Oc3ccc(N4N=C(OC(C)C)c5ccccc5C4N)cc3)ccnc2c1. The van der Waals surface area contributed by atoms with E-state index >= 15 is 0 Å². The van der Waals surface area contributed by atoms with Crippen molar-refractivity contribution in [3.63, 3.8) is 0 Å². The van der Waals surface area contributed by atoms with Crippen molar-refractivity contribution in [3.8, 4) is 17.2 Å². The third-order valence-electron chi connectivity index (χ3n) is 5.40. The second-order valence-electron chi connectivity index (χ2n) is 8.10. The molecular weight excluding hydrogens is 430 g/mol. The molecule has 2 aromatic heterocycles. The molecule has 5 rings (SSSR count). The maximum absolute atomic E-state index is 6.57. The van der Waals surface area contributed by atoms with E-state index in [2.05, 4.69) is 9.97 Å². The van der Waals surface area contributed by atoms with Gasteiger partial charge in [-0.1, -0.05) is 18.2 Å². The third-order valence-corrected chi connectivity index (χ3v) is 5.40. The molecule has 0 fully saturated rings. The number of ether oxygens (including phenoxy) is 3. The van der Waals surface area contributed by atoms with Crippen LogP contribution in [0.5, 0.6) is 17.2 Å². The summed E-state index contributed by atoms with van der Waals surface area (Å²) < 4.78 is 17.3. The molecule has 34 heavy (non-hydrogen) atoms.